The summed E-state index contributed by atoms with van der Waals surface area (Å²) in [4.78, 5) is 10.1. The molecular formula is C22H48NO2P. The van der Waals surface area contributed by atoms with Crippen molar-refractivity contribution in [3.8, 4) is 0 Å². The molecule has 0 aromatic carbocycles. The number of carboxylic acids is 1. The molecule has 26 heavy (non-hydrogen) atoms. The van der Waals surface area contributed by atoms with E-state index in [1.807, 2.05) is 6.92 Å². The van der Waals surface area contributed by atoms with E-state index in [9.17, 15) is 9.90 Å². The largest absolute Gasteiger partial charge is 0.548 e. The number of unbranched alkanes of at least 4 members (excludes halogenated alkanes) is 4. The third-order valence-corrected chi connectivity index (χ3v) is 10.5. The van der Waals surface area contributed by atoms with Crippen LogP contribution in [0.25, 0.3) is 0 Å². The summed E-state index contributed by atoms with van der Waals surface area (Å²) in [5.74, 6) is -1.15. The Morgan fingerprint density at radius 3 is 1.27 bits per heavy atom. The third-order valence-electron chi connectivity index (χ3n) is 5.47. The molecule has 3 nitrogen and oxygen atoms in total. The molecule has 0 aromatic heterocycles. The topological polar surface area (TPSA) is 66.2 Å². The fourth-order valence-electron chi connectivity index (χ4n) is 3.13. The molecule has 0 rings (SSSR count). The van der Waals surface area contributed by atoms with Crippen LogP contribution in [-0.4, -0.2) is 36.7 Å². The molecule has 0 spiro atoms. The van der Waals surface area contributed by atoms with Crippen molar-refractivity contribution in [2.45, 2.75) is 105 Å². The molecule has 0 fully saturated rings. The fourth-order valence-corrected chi connectivity index (χ4v) is 8.42. The number of carbonyl (C=O) groups excluding carboxylic acids is 1. The van der Waals surface area contributed by atoms with Gasteiger partial charge in [0.2, 0.25) is 0 Å². The summed E-state index contributed by atoms with van der Waals surface area (Å²) >= 11 is 0. The molecule has 0 heterocycles. The molecule has 2 atom stereocenters. The first-order chi connectivity index (χ1) is 12.3. The number of rotatable bonds is 15. The number of carboxylic acid groups (broad SMARTS) is 1. The fraction of sp³-hybridized carbons (Fsp3) is 0.955. The first kappa shape index (κ1) is 28.1. The van der Waals surface area contributed by atoms with Crippen LogP contribution in [0.5, 0.6) is 0 Å². The van der Waals surface area contributed by atoms with Crippen molar-refractivity contribution < 1.29 is 9.90 Å². The van der Waals surface area contributed by atoms with E-state index in [1.165, 1.54) is 51.4 Å². The summed E-state index contributed by atoms with van der Waals surface area (Å²) in [5, 5.41) is 10.1. The number of hydrogen-bond donors (Lipinski definition) is 1. The van der Waals surface area contributed by atoms with Crippen LogP contribution in [0.2, 0.25) is 0 Å². The number of aliphatic carboxylic acids is 1. The molecule has 2 N–H and O–H groups in total. The number of nitrogens with two attached hydrogens (primary N) is 1. The molecule has 0 aliphatic heterocycles. The third kappa shape index (κ3) is 14.0. The zero-order valence-electron chi connectivity index (χ0n) is 18.7. The predicted octanol–water partition coefficient (Wildman–Crippen LogP) is 5.31. The van der Waals surface area contributed by atoms with Gasteiger partial charge in [0.05, 0.1) is 30.6 Å². The lowest BCUT2D eigenvalue weighted by Crippen LogP contribution is -2.45. The molecule has 0 aliphatic carbocycles. The highest BCUT2D eigenvalue weighted by Crippen LogP contribution is 2.61. The van der Waals surface area contributed by atoms with Gasteiger partial charge in [-0.05, 0) is 31.6 Å². The van der Waals surface area contributed by atoms with E-state index in [2.05, 4.69) is 27.7 Å². The minimum Gasteiger partial charge on any atom is -0.548 e. The van der Waals surface area contributed by atoms with Crippen molar-refractivity contribution >= 4 is 13.2 Å². The zero-order chi connectivity index (χ0) is 20.4. The Balaban J connectivity index is 0. The maximum absolute atomic E-state index is 10.1. The second-order valence-corrected chi connectivity index (χ2v) is 12.4. The Morgan fingerprint density at radius 1 is 0.808 bits per heavy atom. The van der Waals surface area contributed by atoms with Gasteiger partial charge in [0.15, 0.2) is 0 Å². The molecule has 0 aliphatic rings. The Labute approximate surface area is 165 Å². The lowest BCUT2D eigenvalue weighted by atomic mass is 10.0. The van der Waals surface area contributed by atoms with Gasteiger partial charge in [-0.3, -0.25) is 0 Å². The van der Waals surface area contributed by atoms with E-state index in [0.717, 1.165) is 6.42 Å². The van der Waals surface area contributed by atoms with Crippen molar-refractivity contribution in [1.82, 2.24) is 0 Å². The Bertz CT molecular complexity index is 286. The molecule has 0 saturated heterocycles. The summed E-state index contributed by atoms with van der Waals surface area (Å²) in [6.07, 6.45) is 18.7. The molecule has 0 bridgehead atoms. The number of carbonyl (C=O) groups is 1. The number of hydrogen-bond acceptors (Lipinski definition) is 3. The Hall–Kier alpha value is -0.140. The quantitative estimate of drug-likeness (QED) is 0.386. The molecule has 0 aromatic rings. The SMILES string of the molecule is CCCC[P+](CCCC)(CCCC)CCCC.CC[C@H](C)[C@H](N)C(=O)[O-]. The minimum atomic E-state index is -1.16. The van der Waals surface area contributed by atoms with E-state index in [-0.39, 0.29) is 5.92 Å². The van der Waals surface area contributed by atoms with E-state index in [4.69, 9.17) is 5.73 Å². The van der Waals surface area contributed by atoms with Gasteiger partial charge in [0.25, 0.3) is 0 Å². The van der Waals surface area contributed by atoms with Gasteiger partial charge < -0.3 is 15.6 Å². The van der Waals surface area contributed by atoms with Crippen LogP contribution in [0.1, 0.15) is 99.3 Å². The summed E-state index contributed by atoms with van der Waals surface area (Å²) in [7, 11) is -0.562. The van der Waals surface area contributed by atoms with Crippen molar-refractivity contribution in [2.24, 2.45) is 11.7 Å². The molecule has 158 valence electrons. The van der Waals surface area contributed by atoms with Gasteiger partial charge >= 0.3 is 0 Å². The van der Waals surface area contributed by atoms with Crippen molar-refractivity contribution in [3.63, 3.8) is 0 Å². The van der Waals surface area contributed by atoms with Crippen molar-refractivity contribution in [2.75, 3.05) is 24.6 Å². The van der Waals surface area contributed by atoms with Crippen LogP contribution >= 0.6 is 7.26 Å². The van der Waals surface area contributed by atoms with E-state index in [1.54, 1.807) is 31.6 Å². The van der Waals surface area contributed by atoms with Crippen LogP contribution in [-0.2, 0) is 4.79 Å². The average Bonchev–Trinajstić information content (AvgIpc) is 2.66. The summed E-state index contributed by atoms with van der Waals surface area (Å²) < 4.78 is 0. The zero-order valence-corrected chi connectivity index (χ0v) is 19.6. The first-order valence-corrected chi connectivity index (χ1v) is 13.7. The first-order valence-electron chi connectivity index (χ1n) is 11.1. The minimum absolute atomic E-state index is 0.00926. The van der Waals surface area contributed by atoms with Gasteiger partial charge in [-0.1, -0.05) is 73.6 Å². The van der Waals surface area contributed by atoms with Gasteiger partial charge in [-0.2, -0.15) is 0 Å². The van der Waals surface area contributed by atoms with Gasteiger partial charge in [-0.15, -0.1) is 0 Å². The molecular weight excluding hydrogens is 341 g/mol. The normalized spacial score (nSPS) is 13.7. The van der Waals surface area contributed by atoms with Gasteiger partial charge in [0, 0.05) is 13.3 Å². The highest BCUT2D eigenvalue weighted by Gasteiger charge is 2.34. The maximum atomic E-state index is 10.1. The lowest BCUT2D eigenvalue weighted by Gasteiger charge is -2.28. The van der Waals surface area contributed by atoms with Crippen molar-refractivity contribution in [1.29, 1.82) is 0 Å². The second kappa shape index (κ2) is 18.2. The van der Waals surface area contributed by atoms with Crippen LogP contribution in [0, 0.1) is 5.92 Å². The molecule has 4 heteroatoms. The van der Waals surface area contributed by atoms with E-state index in [0.29, 0.717) is 0 Å². The smallest absolute Gasteiger partial charge is 0.0594 e. The van der Waals surface area contributed by atoms with Crippen LogP contribution in [0.3, 0.4) is 0 Å². The maximum Gasteiger partial charge on any atom is 0.0594 e. The molecule has 0 amide bonds. The van der Waals surface area contributed by atoms with Crippen LogP contribution in [0.15, 0.2) is 0 Å². The van der Waals surface area contributed by atoms with E-state index < -0.39 is 19.3 Å². The van der Waals surface area contributed by atoms with Crippen molar-refractivity contribution in [3.05, 3.63) is 0 Å². The highest BCUT2D eigenvalue weighted by atomic mass is 31.2. The second-order valence-electron chi connectivity index (χ2n) is 7.88. The average molecular weight is 390 g/mol. The summed E-state index contributed by atoms with van der Waals surface area (Å²) in [5.41, 5.74) is 5.21. The standard InChI is InChI=1S/C16H36P.C6H13NO2/c1-5-9-13-17(14-10-6-2,15-11-7-3)16-12-8-4;1-3-4(2)5(7)6(8)9/h5-16H2,1-4H3;4-5H,3,7H2,1-2H3,(H,8,9)/q+1;/p-1/t;4-,5-/m.0/s1. The summed E-state index contributed by atoms with van der Waals surface area (Å²) in [6, 6.07) is -0.810. The molecule has 0 radical (unpaired) electrons. The van der Waals surface area contributed by atoms with Crippen LogP contribution < -0.4 is 10.8 Å². The Morgan fingerprint density at radius 2 is 1.12 bits per heavy atom. The lowest BCUT2D eigenvalue weighted by molar-refractivity contribution is -0.308. The van der Waals surface area contributed by atoms with Crippen LogP contribution in [0.4, 0.5) is 0 Å². The Kier molecular flexibility index (Phi) is 19.7. The van der Waals surface area contributed by atoms with Gasteiger partial charge in [-0.25, -0.2) is 0 Å². The summed E-state index contributed by atoms with van der Waals surface area (Å²) in [6.45, 7) is 13.1. The predicted molar refractivity (Wildman–Crippen MR) is 118 cm³/mol. The van der Waals surface area contributed by atoms with E-state index >= 15 is 0 Å². The molecule has 0 unspecified atom stereocenters. The monoisotopic (exact) mass is 389 g/mol. The highest BCUT2D eigenvalue weighted by molar-refractivity contribution is 7.75. The molecule has 0 saturated carbocycles. The van der Waals surface area contributed by atoms with Gasteiger partial charge in [0.1, 0.15) is 0 Å².